The lowest BCUT2D eigenvalue weighted by Gasteiger charge is -2.12. The quantitative estimate of drug-likeness (QED) is 0.748. The fourth-order valence-electron chi connectivity index (χ4n) is 2.54. The number of rotatable bonds is 5. The molecule has 0 saturated heterocycles. The van der Waals surface area contributed by atoms with Gasteiger partial charge in [0, 0.05) is 10.6 Å². The molecule has 0 spiro atoms. The van der Waals surface area contributed by atoms with E-state index in [1.807, 2.05) is 0 Å². The van der Waals surface area contributed by atoms with Crippen LogP contribution in [0.3, 0.4) is 0 Å². The van der Waals surface area contributed by atoms with E-state index in [4.69, 9.17) is 21.1 Å². The van der Waals surface area contributed by atoms with Crippen LogP contribution in [0.15, 0.2) is 48.7 Å². The molecule has 3 rings (SSSR count). The van der Waals surface area contributed by atoms with E-state index in [2.05, 4.69) is 5.10 Å². The molecule has 0 saturated carbocycles. The molecule has 128 valence electrons. The Kier molecular flexibility index (Phi) is 4.63. The van der Waals surface area contributed by atoms with Gasteiger partial charge in [-0.15, -0.1) is 0 Å². The minimum atomic E-state index is -1.06. The van der Waals surface area contributed by atoms with Crippen LogP contribution >= 0.6 is 11.6 Å². The summed E-state index contributed by atoms with van der Waals surface area (Å²) in [6.45, 7) is 0. The van der Waals surface area contributed by atoms with Crippen LogP contribution in [-0.4, -0.2) is 35.1 Å². The highest BCUT2D eigenvalue weighted by Gasteiger charge is 2.20. The van der Waals surface area contributed by atoms with Crippen molar-refractivity contribution in [2.75, 3.05) is 14.2 Å². The molecule has 7 heteroatoms. The molecule has 0 fully saturated rings. The zero-order valence-corrected chi connectivity index (χ0v) is 14.3. The van der Waals surface area contributed by atoms with Crippen molar-refractivity contribution in [1.82, 2.24) is 9.78 Å². The molecule has 1 N–H and O–H groups in total. The Bertz CT molecular complexity index is 919. The predicted molar refractivity (Wildman–Crippen MR) is 94.1 cm³/mol. The largest absolute Gasteiger partial charge is 0.493 e. The molecule has 0 aliphatic heterocycles. The number of ether oxygens (including phenoxy) is 2. The minimum absolute atomic E-state index is 0.0853. The van der Waals surface area contributed by atoms with Crippen LogP contribution < -0.4 is 9.47 Å². The first-order chi connectivity index (χ1) is 12.0. The van der Waals surface area contributed by atoms with E-state index in [9.17, 15) is 9.90 Å². The monoisotopic (exact) mass is 358 g/mol. The second-order valence-electron chi connectivity index (χ2n) is 5.17. The maximum atomic E-state index is 11.6. The van der Waals surface area contributed by atoms with E-state index < -0.39 is 5.97 Å². The van der Waals surface area contributed by atoms with E-state index in [0.29, 0.717) is 33.5 Å². The van der Waals surface area contributed by atoms with Crippen molar-refractivity contribution in [3.8, 4) is 28.4 Å². The van der Waals surface area contributed by atoms with E-state index >= 15 is 0 Å². The second-order valence-corrected chi connectivity index (χ2v) is 5.61. The number of halogens is 1. The summed E-state index contributed by atoms with van der Waals surface area (Å²) in [4.78, 5) is 11.6. The Morgan fingerprint density at radius 3 is 2.36 bits per heavy atom. The third kappa shape index (κ3) is 3.16. The summed E-state index contributed by atoms with van der Waals surface area (Å²) in [5.41, 5.74) is 1.86. The van der Waals surface area contributed by atoms with Crippen molar-refractivity contribution >= 4 is 17.6 Å². The fourth-order valence-corrected chi connectivity index (χ4v) is 2.67. The van der Waals surface area contributed by atoms with E-state index in [1.54, 1.807) is 47.1 Å². The molecule has 6 nitrogen and oxygen atoms in total. The number of nitrogens with zero attached hydrogens (tertiary/aromatic N) is 2. The lowest BCUT2D eigenvalue weighted by atomic mass is 10.1. The molecular weight excluding hydrogens is 344 g/mol. The van der Waals surface area contributed by atoms with Crippen molar-refractivity contribution in [2.24, 2.45) is 0 Å². The van der Waals surface area contributed by atoms with Crippen LogP contribution in [0.2, 0.25) is 5.02 Å². The van der Waals surface area contributed by atoms with E-state index in [-0.39, 0.29) is 5.56 Å². The first-order valence-electron chi connectivity index (χ1n) is 7.34. The number of hydrogen-bond donors (Lipinski definition) is 1. The summed E-state index contributed by atoms with van der Waals surface area (Å²) in [5, 5.41) is 14.3. The van der Waals surface area contributed by atoms with E-state index in [1.165, 1.54) is 20.4 Å². The van der Waals surface area contributed by atoms with Gasteiger partial charge in [-0.3, -0.25) is 0 Å². The topological polar surface area (TPSA) is 73.6 Å². The van der Waals surface area contributed by atoms with Gasteiger partial charge in [-0.05, 0) is 42.5 Å². The normalized spacial score (nSPS) is 10.5. The van der Waals surface area contributed by atoms with Gasteiger partial charge < -0.3 is 14.6 Å². The molecule has 3 aromatic rings. The number of carbonyl (C=O) groups is 1. The number of aromatic nitrogens is 2. The molecule has 0 atom stereocenters. The highest BCUT2D eigenvalue weighted by Crippen LogP contribution is 2.34. The van der Waals surface area contributed by atoms with Gasteiger partial charge in [-0.25, -0.2) is 9.48 Å². The highest BCUT2D eigenvalue weighted by molar-refractivity contribution is 6.30. The van der Waals surface area contributed by atoms with Crippen molar-refractivity contribution in [3.05, 3.63) is 59.2 Å². The van der Waals surface area contributed by atoms with Gasteiger partial charge in [0.25, 0.3) is 0 Å². The van der Waals surface area contributed by atoms with Crippen LogP contribution in [0.5, 0.6) is 11.5 Å². The highest BCUT2D eigenvalue weighted by atomic mass is 35.5. The predicted octanol–water partition coefficient (Wildman–Crippen LogP) is 3.91. The number of aromatic carboxylic acids is 1. The number of methoxy groups -OCH3 is 2. The SMILES string of the molecule is COc1ccc(-c2c(C(=O)O)cnn2-c2ccc(Cl)cc2)cc1OC. The summed E-state index contributed by atoms with van der Waals surface area (Å²) in [5.74, 6) is -0.00845. The Morgan fingerprint density at radius 2 is 1.76 bits per heavy atom. The lowest BCUT2D eigenvalue weighted by Crippen LogP contribution is -2.03. The second kappa shape index (κ2) is 6.86. The minimum Gasteiger partial charge on any atom is -0.493 e. The zero-order chi connectivity index (χ0) is 18.0. The van der Waals surface area contributed by atoms with Gasteiger partial charge >= 0.3 is 5.97 Å². The van der Waals surface area contributed by atoms with Crippen LogP contribution in [0.1, 0.15) is 10.4 Å². The smallest absolute Gasteiger partial charge is 0.339 e. The summed E-state index contributed by atoms with van der Waals surface area (Å²) in [6.07, 6.45) is 1.32. The summed E-state index contributed by atoms with van der Waals surface area (Å²) in [6, 6.07) is 12.2. The number of carboxylic acid groups (broad SMARTS) is 1. The van der Waals surface area contributed by atoms with Crippen LogP contribution in [0, 0.1) is 0 Å². The Morgan fingerprint density at radius 1 is 1.08 bits per heavy atom. The van der Waals surface area contributed by atoms with Gasteiger partial charge in [0.2, 0.25) is 0 Å². The van der Waals surface area contributed by atoms with Crippen LogP contribution in [-0.2, 0) is 0 Å². The number of carboxylic acids is 1. The summed E-state index contributed by atoms with van der Waals surface area (Å²) >= 11 is 5.93. The molecule has 0 unspecified atom stereocenters. The van der Waals surface area contributed by atoms with Crippen molar-refractivity contribution < 1.29 is 19.4 Å². The Hall–Kier alpha value is -2.99. The molecule has 1 heterocycles. The first-order valence-corrected chi connectivity index (χ1v) is 7.72. The Labute approximate surface area is 149 Å². The van der Waals surface area contributed by atoms with Gasteiger partial charge in [0.1, 0.15) is 5.56 Å². The summed E-state index contributed by atoms with van der Waals surface area (Å²) < 4.78 is 12.1. The van der Waals surface area contributed by atoms with E-state index in [0.717, 1.165) is 0 Å². The van der Waals surface area contributed by atoms with Crippen molar-refractivity contribution in [2.45, 2.75) is 0 Å². The Balaban J connectivity index is 2.22. The fraction of sp³-hybridized carbons (Fsp3) is 0.111. The molecule has 2 aromatic carbocycles. The number of hydrogen-bond acceptors (Lipinski definition) is 4. The molecule has 0 radical (unpaired) electrons. The molecule has 1 aromatic heterocycles. The van der Waals surface area contributed by atoms with Gasteiger partial charge in [0.05, 0.1) is 31.8 Å². The number of benzene rings is 2. The lowest BCUT2D eigenvalue weighted by molar-refractivity contribution is 0.0697. The van der Waals surface area contributed by atoms with Gasteiger partial charge in [0.15, 0.2) is 11.5 Å². The summed E-state index contributed by atoms with van der Waals surface area (Å²) in [7, 11) is 3.06. The van der Waals surface area contributed by atoms with Crippen LogP contribution in [0.25, 0.3) is 16.9 Å². The van der Waals surface area contributed by atoms with Gasteiger partial charge in [-0.2, -0.15) is 5.10 Å². The van der Waals surface area contributed by atoms with Gasteiger partial charge in [-0.1, -0.05) is 11.6 Å². The molecule has 0 aliphatic rings. The average Bonchev–Trinajstić information content (AvgIpc) is 3.07. The van der Waals surface area contributed by atoms with Crippen molar-refractivity contribution in [1.29, 1.82) is 0 Å². The molecule has 0 amide bonds. The molecule has 25 heavy (non-hydrogen) atoms. The molecule has 0 bridgehead atoms. The van der Waals surface area contributed by atoms with Crippen molar-refractivity contribution in [3.63, 3.8) is 0 Å². The maximum Gasteiger partial charge on any atom is 0.339 e. The average molecular weight is 359 g/mol. The zero-order valence-electron chi connectivity index (χ0n) is 13.6. The third-order valence-corrected chi connectivity index (χ3v) is 3.98. The molecule has 0 aliphatic carbocycles. The molecular formula is C18H15ClN2O4. The first kappa shape index (κ1) is 16.9. The third-order valence-electron chi connectivity index (χ3n) is 3.73. The van der Waals surface area contributed by atoms with Crippen LogP contribution in [0.4, 0.5) is 0 Å². The standard InChI is InChI=1S/C18H15ClN2O4/c1-24-15-8-3-11(9-16(15)25-2)17-14(18(22)23)10-20-21(17)13-6-4-12(19)5-7-13/h3-10H,1-2H3,(H,22,23). The maximum absolute atomic E-state index is 11.6.